The Hall–Kier alpha value is -2.06. The topological polar surface area (TPSA) is 29.1 Å². The van der Waals surface area contributed by atoms with Gasteiger partial charge in [-0.05, 0) is 30.2 Å². The zero-order valence-electron chi connectivity index (χ0n) is 11.2. The molecule has 1 unspecified atom stereocenters. The average molecular weight is 286 g/mol. The van der Waals surface area contributed by atoms with Crippen LogP contribution in [0.4, 0.5) is 0 Å². The van der Waals surface area contributed by atoms with Gasteiger partial charge >= 0.3 is 0 Å². The van der Waals surface area contributed by atoms with E-state index in [1.807, 2.05) is 55.5 Å². The van der Waals surface area contributed by atoms with E-state index in [1.165, 1.54) is 6.08 Å². The van der Waals surface area contributed by atoms with E-state index in [4.69, 9.17) is 11.6 Å². The molecule has 0 aliphatic rings. The van der Waals surface area contributed by atoms with Gasteiger partial charge in [0.05, 0.1) is 6.04 Å². The highest BCUT2D eigenvalue weighted by atomic mass is 35.5. The molecule has 2 nitrogen and oxygen atoms in total. The molecular weight excluding hydrogens is 270 g/mol. The first kappa shape index (κ1) is 14.4. The first-order chi connectivity index (χ1) is 9.66. The largest absolute Gasteiger partial charge is 0.346 e. The summed E-state index contributed by atoms with van der Waals surface area (Å²) in [6, 6.07) is 17.2. The number of hydrogen-bond donors (Lipinski definition) is 1. The second-order valence-electron chi connectivity index (χ2n) is 4.50. The molecule has 2 aromatic carbocycles. The van der Waals surface area contributed by atoms with Crippen molar-refractivity contribution in [3.8, 4) is 0 Å². The second kappa shape index (κ2) is 6.92. The van der Waals surface area contributed by atoms with Crippen LogP contribution in [0.1, 0.15) is 24.1 Å². The van der Waals surface area contributed by atoms with Crippen LogP contribution in [-0.4, -0.2) is 5.91 Å². The highest BCUT2D eigenvalue weighted by Crippen LogP contribution is 2.16. The van der Waals surface area contributed by atoms with Gasteiger partial charge in [-0.15, -0.1) is 0 Å². The third-order valence-electron chi connectivity index (χ3n) is 2.98. The zero-order valence-corrected chi connectivity index (χ0v) is 12.0. The fraction of sp³-hybridized carbons (Fsp3) is 0.118. The van der Waals surface area contributed by atoms with Crippen LogP contribution in [0.25, 0.3) is 6.08 Å². The van der Waals surface area contributed by atoms with E-state index < -0.39 is 0 Å². The van der Waals surface area contributed by atoms with Gasteiger partial charge in [0.15, 0.2) is 0 Å². The summed E-state index contributed by atoms with van der Waals surface area (Å²) in [5.74, 6) is -0.138. The predicted octanol–water partition coefficient (Wildman–Crippen LogP) is 4.23. The van der Waals surface area contributed by atoms with Gasteiger partial charge in [-0.3, -0.25) is 4.79 Å². The molecule has 0 saturated carbocycles. The molecule has 0 radical (unpaired) electrons. The van der Waals surface area contributed by atoms with Gasteiger partial charge < -0.3 is 5.32 Å². The molecule has 2 rings (SSSR count). The third kappa shape index (κ3) is 3.97. The molecule has 2 aromatic rings. The van der Waals surface area contributed by atoms with Crippen molar-refractivity contribution in [3.05, 3.63) is 76.8 Å². The molecule has 102 valence electrons. The molecule has 1 atom stereocenters. The van der Waals surface area contributed by atoms with Crippen molar-refractivity contribution in [3.63, 3.8) is 0 Å². The average Bonchev–Trinajstić information content (AvgIpc) is 2.47. The number of halogens is 1. The number of carbonyl (C=O) groups excluding carboxylic acids is 1. The number of nitrogens with one attached hydrogen (secondary N) is 1. The predicted molar refractivity (Wildman–Crippen MR) is 83.5 cm³/mol. The Labute approximate surface area is 124 Å². The molecule has 0 aliphatic heterocycles. The zero-order chi connectivity index (χ0) is 14.4. The number of rotatable bonds is 4. The molecule has 1 amide bonds. The Morgan fingerprint density at radius 3 is 2.45 bits per heavy atom. The van der Waals surface area contributed by atoms with Crippen LogP contribution in [0.3, 0.4) is 0 Å². The third-order valence-corrected chi connectivity index (χ3v) is 3.32. The smallest absolute Gasteiger partial charge is 0.244 e. The quantitative estimate of drug-likeness (QED) is 0.837. The van der Waals surface area contributed by atoms with Gasteiger partial charge in [0.2, 0.25) is 5.91 Å². The number of hydrogen-bond acceptors (Lipinski definition) is 1. The summed E-state index contributed by atoms with van der Waals surface area (Å²) in [7, 11) is 0. The lowest BCUT2D eigenvalue weighted by Crippen LogP contribution is -2.24. The van der Waals surface area contributed by atoms with Crippen LogP contribution >= 0.6 is 11.6 Å². The van der Waals surface area contributed by atoms with E-state index >= 15 is 0 Å². The van der Waals surface area contributed by atoms with Crippen LogP contribution in [0.15, 0.2) is 60.7 Å². The second-order valence-corrected chi connectivity index (χ2v) is 4.90. The van der Waals surface area contributed by atoms with E-state index in [0.29, 0.717) is 5.02 Å². The van der Waals surface area contributed by atoms with Crippen LogP contribution < -0.4 is 5.32 Å². The first-order valence-electron chi connectivity index (χ1n) is 6.45. The van der Waals surface area contributed by atoms with E-state index in [1.54, 1.807) is 12.1 Å². The molecule has 0 fully saturated rings. The summed E-state index contributed by atoms with van der Waals surface area (Å²) in [6.07, 6.45) is 3.22. The maximum Gasteiger partial charge on any atom is 0.244 e. The van der Waals surface area contributed by atoms with Gasteiger partial charge in [0, 0.05) is 11.1 Å². The fourth-order valence-electron chi connectivity index (χ4n) is 1.86. The SMILES string of the molecule is CC(NC(=O)C=Cc1ccccc1Cl)c1ccccc1. The van der Waals surface area contributed by atoms with Crippen molar-refractivity contribution in [2.24, 2.45) is 0 Å². The maximum absolute atomic E-state index is 11.9. The Morgan fingerprint density at radius 2 is 1.75 bits per heavy atom. The minimum Gasteiger partial charge on any atom is -0.346 e. The van der Waals surface area contributed by atoms with Crippen LogP contribution in [0.2, 0.25) is 5.02 Å². The van der Waals surface area contributed by atoms with E-state index in [2.05, 4.69) is 5.32 Å². The van der Waals surface area contributed by atoms with Crippen LogP contribution in [0.5, 0.6) is 0 Å². The number of benzene rings is 2. The van der Waals surface area contributed by atoms with Crippen LogP contribution in [-0.2, 0) is 4.79 Å². The molecule has 1 N–H and O–H groups in total. The Balaban J connectivity index is 1.98. The van der Waals surface area contributed by atoms with Crippen molar-refractivity contribution >= 4 is 23.6 Å². The summed E-state index contributed by atoms with van der Waals surface area (Å²) < 4.78 is 0. The van der Waals surface area contributed by atoms with Gasteiger partial charge in [-0.25, -0.2) is 0 Å². The maximum atomic E-state index is 11.9. The summed E-state index contributed by atoms with van der Waals surface area (Å²) >= 11 is 6.03. The van der Waals surface area contributed by atoms with E-state index in [0.717, 1.165) is 11.1 Å². The van der Waals surface area contributed by atoms with Crippen molar-refractivity contribution in [2.75, 3.05) is 0 Å². The number of amides is 1. The summed E-state index contributed by atoms with van der Waals surface area (Å²) in [5.41, 5.74) is 1.91. The van der Waals surface area contributed by atoms with E-state index in [9.17, 15) is 4.79 Å². The molecular formula is C17H16ClNO. The molecule has 20 heavy (non-hydrogen) atoms. The lowest BCUT2D eigenvalue weighted by atomic mass is 10.1. The Kier molecular flexibility index (Phi) is 4.97. The molecule has 0 saturated heterocycles. The minimum atomic E-state index is -0.138. The molecule has 3 heteroatoms. The van der Waals surface area contributed by atoms with Gasteiger partial charge in [0.25, 0.3) is 0 Å². The monoisotopic (exact) mass is 285 g/mol. The summed E-state index contributed by atoms with van der Waals surface area (Å²) in [6.45, 7) is 1.95. The lowest BCUT2D eigenvalue weighted by molar-refractivity contribution is -0.117. The lowest BCUT2D eigenvalue weighted by Gasteiger charge is -2.12. The summed E-state index contributed by atoms with van der Waals surface area (Å²) in [5, 5.41) is 3.55. The first-order valence-corrected chi connectivity index (χ1v) is 6.82. The van der Waals surface area contributed by atoms with Gasteiger partial charge in [-0.2, -0.15) is 0 Å². The Bertz CT molecular complexity index is 607. The van der Waals surface area contributed by atoms with Crippen LogP contribution in [0, 0.1) is 0 Å². The van der Waals surface area contributed by atoms with Gasteiger partial charge in [0.1, 0.15) is 0 Å². The van der Waals surface area contributed by atoms with E-state index in [-0.39, 0.29) is 11.9 Å². The Morgan fingerprint density at radius 1 is 1.10 bits per heavy atom. The van der Waals surface area contributed by atoms with Crippen molar-refractivity contribution < 1.29 is 4.79 Å². The molecule has 0 aliphatic carbocycles. The molecule has 0 aromatic heterocycles. The van der Waals surface area contributed by atoms with Crippen molar-refractivity contribution in [1.29, 1.82) is 0 Å². The molecule has 0 spiro atoms. The summed E-state index contributed by atoms with van der Waals surface area (Å²) in [4.78, 5) is 11.9. The standard InChI is InChI=1S/C17H16ClNO/c1-13(14-7-3-2-4-8-14)19-17(20)12-11-15-9-5-6-10-16(15)18/h2-13H,1H3,(H,19,20). The minimum absolute atomic E-state index is 0.0282. The fourth-order valence-corrected chi connectivity index (χ4v) is 2.06. The molecule has 0 bridgehead atoms. The highest BCUT2D eigenvalue weighted by Gasteiger charge is 2.06. The van der Waals surface area contributed by atoms with Crippen molar-refractivity contribution in [1.82, 2.24) is 5.32 Å². The van der Waals surface area contributed by atoms with Gasteiger partial charge in [-0.1, -0.05) is 60.1 Å². The normalized spacial score (nSPS) is 12.3. The molecule has 0 heterocycles. The number of carbonyl (C=O) groups is 1. The van der Waals surface area contributed by atoms with Crippen molar-refractivity contribution in [2.45, 2.75) is 13.0 Å². The highest BCUT2D eigenvalue weighted by molar-refractivity contribution is 6.32.